The van der Waals surface area contributed by atoms with Gasteiger partial charge in [0.1, 0.15) is 0 Å². The van der Waals surface area contributed by atoms with Gasteiger partial charge in [-0.3, -0.25) is 15.0 Å². The van der Waals surface area contributed by atoms with Crippen LogP contribution in [0, 0.1) is 0 Å². The van der Waals surface area contributed by atoms with Crippen LogP contribution < -0.4 is 10.6 Å². The van der Waals surface area contributed by atoms with E-state index in [2.05, 4.69) is 10.6 Å². The van der Waals surface area contributed by atoms with Gasteiger partial charge in [-0.25, -0.2) is 4.79 Å². The molecule has 0 aromatic heterocycles. The number of carbonyl (C=O) groups excluding carboxylic acids is 2. The van der Waals surface area contributed by atoms with Crippen molar-refractivity contribution >= 4 is 11.9 Å². The lowest BCUT2D eigenvalue weighted by atomic mass is 10.0. The third kappa shape index (κ3) is 4.70. The molecule has 6 nitrogen and oxygen atoms in total. The van der Waals surface area contributed by atoms with E-state index in [1.807, 2.05) is 4.90 Å². The van der Waals surface area contributed by atoms with Gasteiger partial charge in [0.15, 0.2) is 0 Å². The lowest BCUT2D eigenvalue weighted by Crippen LogP contribution is -2.49. The Morgan fingerprint density at radius 3 is 2.82 bits per heavy atom. The summed E-state index contributed by atoms with van der Waals surface area (Å²) in [5, 5.41) is 13.9. The van der Waals surface area contributed by atoms with Crippen LogP contribution in [0.3, 0.4) is 0 Å². The molecule has 3 amide bonds. The van der Waals surface area contributed by atoms with E-state index in [-0.39, 0.29) is 25.1 Å². The zero-order chi connectivity index (χ0) is 12.7. The third-order valence-corrected chi connectivity index (χ3v) is 2.90. The molecule has 6 heteroatoms. The second kappa shape index (κ2) is 7.24. The number of rotatable bonds is 4. The molecule has 98 valence electrons. The summed E-state index contributed by atoms with van der Waals surface area (Å²) >= 11 is 0. The summed E-state index contributed by atoms with van der Waals surface area (Å²) in [6, 6.07) is -0.418. The van der Waals surface area contributed by atoms with Crippen LogP contribution in [0.15, 0.2) is 0 Å². The number of amides is 3. The van der Waals surface area contributed by atoms with E-state index in [4.69, 9.17) is 0 Å². The molecule has 1 atom stereocenters. The molecule has 0 aromatic carbocycles. The first-order chi connectivity index (χ1) is 8.17. The van der Waals surface area contributed by atoms with Crippen molar-refractivity contribution in [3.05, 3.63) is 0 Å². The molecule has 0 saturated carbocycles. The summed E-state index contributed by atoms with van der Waals surface area (Å²) in [6.07, 6.45) is 3.02. The number of hydrogen-bond donors (Lipinski definition) is 3. The molecule has 0 radical (unpaired) electrons. The molecule has 0 aliphatic carbocycles. The van der Waals surface area contributed by atoms with E-state index >= 15 is 0 Å². The molecule has 1 aliphatic heterocycles. The SMILES string of the molecule is CCNC(=O)NC(=O)CN1CCCCC1CO. The molecule has 1 unspecified atom stereocenters. The first kappa shape index (κ1) is 13.9. The fraction of sp³-hybridized carbons (Fsp3) is 0.818. The average molecular weight is 243 g/mol. The van der Waals surface area contributed by atoms with Gasteiger partial charge < -0.3 is 10.4 Å². The zero-order valence-electron chi connectivity index (χ0n) is 10.2. The monoisotopic (exact) mass is 243 g/mol. The molecule has 17 heavy (non-hydrogen) atoms. The number of urea groups is 1. The number of aliphatic hydroxyl groups excluding tert-OH is 1. The molecule has 1 heterocycles. The lowest BCUT2D eigenvalue weighted by Gasteiger charge is -2.33. The van der Waals surface area contributed by atoms with Crippen LogP contribution in [0.25, 0.3) is 0 Å². The highest BCUT2D eigenvalue weighted by molar-refractivity contribution is 5.95. The normalized spacial score (nSPS) is 20.9. The van der Waals surface area contributed by atoms with Gasteiger partial charge in [0, 0.05) is 12.6 Å². The molecule has 0 aromatic rings. The zero-order valence-corrected chi connectivity index (χ0v) is 10.2. The van der Waals surface area contributed by atoms with Gasteiger partial charge >= 0.3 is 6.03 Å². The summed E-state index contributed by atoms with van der Waals surface area (Å²) in [6.45, 7) is 3.31. The number of hydrogen-bond acceptors (Lipinski definition) is 4. The Balaban J connectivity index is 2.35. The summed E-state index contributed by atoms with van der Waals surface area (Å²) in [4.78, 5) is 24.6. The van der Waals surface area contributed by atoms with Crippen LogP contribution in [0.5, 0.6) is 0 Å². The minimum absolute atomic E-state index is 0.0451. The molecule has 3 N–H and O–H groups in total. The van der Waals surface area contributed by atoms with Crippen LogP contribution in [0.4, 0.5) is 4.79 Å². The number of imide groups is 1. The maximum Gasteiger partial charge on any atom is 0.321 e. The molecular weight excluding hydrogens is 222 g/mol. The number of nitrogens with one attached hydrogen (secondary N) is 2. The highest BCUT2D eigenvalue weighted by atomic mass is 16.3. The minimum Gasteiger partial charge on any atom is -0.395 e. The van der Waals surface area contributed by atoms with E-state index in [0.29, 0.717) is 6.54 Å². The van der Waals surface area contributed by atoms with Crippen LogP contribution in [-0.2, 0) is 4.79 Å². The Labute approximate surface area is 101 Å². The standard InChI is InChI=1S/C11H21N3O3/c1-2-12-11(17)13-10(16)7-14-6-4-3-5-9(14)8-15/h9,15H,2-8H2,1H3,(H2,12,13,16,17). The lowest BCUT2D eigenvalue weighted by molar-refractivity contribution is -0.122. The number of nitrogens with zero attached hydrogens (tertiary/aromatic N) is 1. The first-order valence-corrected chi connectivity index (χ1v) is 6.10. The van der Waals surface area contributed by atoms with E-state index in [1.165, 1.54) is 0 Å². The molecular formula is C11H21N3O3. The van der Waals surface area contributed by atoms with Crippen molar-refractivity contribution in [2.45, 2.75) is 32.2 Å². The van der Waals surface area contributed by atoms with Gasteiger partial charge in [0.2, 0.25) is 5.91 Å². The van der Waals surface area contributed by atoms with Crippen molar-refractivity contribution in [3.63, 3.8) is 0 Å². The van der Waals surface area contributed by atoms with Gasteiger partial charge in [-0.2, -0.15) is 0 Å². The van der Waals surface area contributed by atoms with E-state index in [1.54, 1.807) is 6.92 Å². The largest absolute Gasteiger partial charge is 0.395 e. The van der Waals surface area contributed by atoms with Crippen molar-refractivity contribution in [1.29, 1.82) is 0 Å². The van der Waals surface area contributed by atoms with Gasteiger partial charge in [-0.05, 0) is 26.3 Å². The third-order valence-electron chi connectivity index (χ3n) is 2.90. The first-order valence-electron chi connectivity index (χ1n) is 6.10. The van der Waals surface area contributed by atoms with Gasteiger partial charge in [0.05, 0.1) is 13.2 Å². The topological polar surface area (TPSA) is 81.7 Å². The van der Waals surface area contributed by atoms with E-state index in [0.717, 1.165) is 25.8 Å². The van der Waals surface area contributed by atoms with Crippen LogP contribution in [0.2, 0.25) is 0 Å². The van der Waals surface area contributed by atoms with E-state index < -0.39 is 6.03 Å². The highest BCUT2D eigenvalue weighted by Gasteiger charge is 2.23. The summed E-state index contributed by atoms with van der Waals surface area (Å²) in [7, 11) is 0. The molecule has 1 saturated heterocycles. The van der Waals surface area contributed by atoms with Gasteiger partial charge in [-0.15, -0.1) is 0 Å². The number of carbonyl (C=O) groups is 2. The predicted molar refractivity (Wildman–Crippen MR) is 63.5 cm³/mol. The summed E-state index contributed by atoms with van der Waals surface area (Å²) in [5.41, 5.74) is 0. The predicted octanol–water partition coefficient (Wildman–Crippen LogP) is -0.321. The Hall–Kier alpha value is -1.14. The summed E-state index contributed by atoms with van der Waals surface area (Å²) in [5.74, 6) is -0.323. The maximum atomic E-state index is 11.6. The van der Waals surface area contributed by atoms with Crippen LogP contribution in [0.1, 0.15) is 26.2 Å². The van der Waals surface area contributed by atoms with Crippen molar-refractivity contribution in [2.24, 2.45) is 0 Å². The average Bonchev–Trinajstić information content (AvgIpc) is 2.29. The fourth-order valence-corrected chi connectivity index (χ4v) is 2.03. The van der Waals surface area contributed by atoms with Crippen molar-refractivity contribution in [3.8, 4) is 0 Å². The quantitative estimate of drug-likeness (QED) is 0.632. The number of likely N-dealkylation sites (tertiary alicyclic amines) is 1. The minimum atomic E-state index is -0.463. The second-order valence-corrected chi connectivity index (χ2v) is 4.21. The molecule has 1 aliphatic rings. The molecule has 1 fully saturated rings. The Morgan fingerprint density at radius 1 is 1.41 bits per heavy atom. The molecule has 0 bridgehead atoms. The molecule has 0 spiro atoms. The van der Waals surface area contributed by atoms with Crippen LogP contribution in [-0.4, -0.2) is 54.2 Å². The maximum absolute atomic E-state index is 11.6. The van der Waals surface area contributed by atoms with Crippen LogP contribution >= 0.6 is 0 Å². The van der Waals surface area contributed by atoms with Gasteiger partial charge in [-0.1, -0.05) is 6.42 Å². The molecule has 1 rings (SSSR count). The highest BCUT2D eigenvalue weighted by Crippen LogP contribution is 2.15. The Kier molecular flexibility index (Phi) is 5.93. The summed E-state index contributed by atoms with van der Waals surface area (Å²) < 4.78 is 0. The smallest absolute Gasteiger partial charge is 0.321 e. The van der Waals surface area contributed by atoms with Crippen molar-refractivity contribution in [1.82, 2.24) is 15.5 Å². The Morgan fingerprint density at radius 2 is 2.18 bits per heavy atom. The van der Waals surface area contributed by atoms with Crippen molar-refractivity contribution < 1.29 is 14.7 Å². The number of piperidine rings is 1. The fourth-order valence-electron chi connectivity index (χ4n) is 2.03. The van der Waals surface area contributed by atoms with Gasteiger partial charge in [0.25, 0.3) is 0 Å². The number of aliphatic hydroxyl groups is 1. The van der Waals surface area contributed by atoms with Crippen molar-refractivity contribution in [2.75, 3.05) is 26.2 Å². The second-order valence-electron chi connectivity index (χ2n) is 4.21. The van der Waals surface area contributed by atoms with E-state index in [9.17, 15) is 14.7 Å². The Bertz CT molecular complexity index is 271.